The molecule has 1 aromatic heterocycles. The maximum absolute atomic E-state index is 11.2. The molecular formula is C10H12N4OS. The standard InChI is InChI=1S/C10H12N4OS/c1-6-5-7(11)3-4-8(6)16-10-13-12-9(15)14(10)2/h3-5H,11H2,1-2H3,(H,12,15). The molecular weight excluding hydrogens is 224 g/mol. The molecule has 0 aliphatic heterocycles. The molecule has 0 unspecified atom stereocenters. The first-order valence-electron chi connectivity index (χ1n) is 4.73. The van der Waals surface area contributed by atoms with Crippen LogP contribution in [0.25, 0.3) is 0 Å². The number of aromatic nitrogens is 3. The van der Waals surface area contributed by atoms with Gasteiger partial charge in [0.05, 0.1) is 0 Å². The molecule has 3 N–H and O–H groups in total. The fourth-order valence-electron chi connectivity index (χ4n) is 1.31. The van der Waals surface area contributed by atoms with Crippen molar-refractivity contribution in [2.24, 2.45) is 7.05 Å². The van der Waals surface area contributed by atoms with Crippen molar-refractivity contribution >= 4 is 17.4 Å². The second-order valence-electron chi connectivity index (χ2n) is 3.50. The van der Waals surface area contributed by atoms with E-state index in [1.165, 1.54) is 16.3 Å². The lowest BCUT2D eigenvalue weighted by atomic mass is 10.2. The molecule has 1 heterocycles. The Morgan fingerprint density at radius 2 is 2.25 bits per heavy atom. The number of aryl methyl sites for hydroxylation is 1. The van der Waals surface area contributed by atoms with E-state index in [1.807, 2.05) is 25.1 Å². The molecule has 6 heteroatoms. The van der Waals surface area contributed by atoms with Crippen LogP contribution in [0.3, 0.4) is 0 Å². The van der Waals surface area contributed by atoms with Gasteiger partial charge in [0, 0.05) is 17.6 Å². The fourth-order valence-corrected chi connectivity index (χ4v) is 2.17. The minimum atomic E-state index is -0.212. The van der Waals surface area contributed by atoms with Crippen molar-refractivity contribution in [3.63, 3.8) is 0 Å². The topological polar surface area (TPSA) is 76.7 Å². The lowest BCUT2D eigenvalue weighted by Crippen LogP contribution is -2.12. The zero-order chi connectivity index (χ0) is 11.7. The van der Waals surface area contributed by atoms with Gasteiger partial charge in [-0.05, 0) is 42.4 Å². The molecule has 0 aliphatic rings. The number of nitrogen functional groups attached to an aromatic ring is 1. The Bertz CT molecular complexity index is 572. The van der Waals surface area contributed by atoms with Gasteiger partial charge in [-0.1, -0.05) is 0 Å². The van der Waals surface area contributed by atoms with Gasteiger partial charge in [-0.25, -0.2) is 9.89 Å². The second-order valence-corrected chi connectivity index (χ2v) is 4.51. The maximum atomic E-state index is 11.2. The first kappa shape index (κ1) is 10.8. The molecule has 0 aliphatic carbocycles. The lowest BCUT2D eigenvalue weighted by Gasteiger charge is -2.04. The van der Waals surface area contributed by atoms with E-state index in [0.717, 1.165) is 16.1 Å². The Balaban J connectivity index is 2.34. The Hall–Kier alpha value is -1.69. The third-order valence-corrected chi connectivity index (χ3v) is 3.46. The summed E-state index contributed by atoms with van der Waals surface area (Å²) in [5.74, 6) is 0. The molecule has 0 atom stereocenters. The molecule has 0 saturated heterocycles. The summed E-state index contributed by atoms with van der Waals surface area (Å²) in [6.45, 7) is 1.98. The number of anilines is 1. The predicted molar refractivity (Wildman–Crippen MR) is 63.5 cm³/mol. The predicted octanol–water partition coefficient (Wildman–Crippen LogP) is 1.15. The molecule has 0 amide bonds. The van der Waals surface area contributed by atoms with Gasteiger partial charge in [0.1, 0.15) is 0 Å². The first-order chi connectivity index (χ1) is 7.58. The van der Waals surface area contributed by atoms with Gasteiger partial charge >= 0.3 is 5.69 Å². The van der Waals surface area contributed by atoms with Crippen LogP contribution >= 0.6 is 11.8 Å². The summed E-state index contributed by atoms with van der Waals surface area (Å²) in [5, 5.41) is 6.97. The number of benzene rings is 1. The number of aromatic amines is 1. The highest BCUT2D eigenvalue weighted by Crippen LogP contribution is 2.28. The van der Waals surface area contributed by atoms with Crippen LogP contribution in [0.2, 0.25) is 0 Å². The minimum Gasteiger partial charge on any atom is -0.399 e. The Kier molecular flexibility index (Phi) is 2.74. The van der Waals surface area contributed by atoms with E-state index in [-0.39, 0.29) is 5.69 Å². The van der Waals surface area contributed by atoms with Crippen molar-refractivity contribution in [3.8, 4) is 0 Å². The fraction of sp³-hybridized carbons (Fsp3) is 0.200. The van der Waals surface area contributed by atoms with Crippen LogP contribution in [0.15, 0.2) is 33.0 Å². The second kappa shape index (κ2) is 4.05. The van der Waals surface area contributed by atoms with Gasteiger partial charge in [0.15, 0.2) is 5.16 Å². The zero-order valence-electron chi connectivity index (χ0n) is 9.02. The van der Waals surface area contributed by atoms with Crippen LogP contribution in [-0.4, -0.2) is 14.8 Å². The summed E-state index contributed by atoms with van der Waals surface area (Å²) in [4.78, 5) is 12.2. The Labute approximate surface area is 96.7 Å². The van der Waals surface area contributed by atoms with Crippen molar-refractivity contribution in [2.75, 3.05) is 5.73 Å². The largest absolute Gasteiger partial charge is 0.399 e. The number of nitrogens with zero attached hydrogens (tertiary/aromatic N) is 2. The summed E-state index contributed by atoms with van der Waals surface area (Å²) < 4.78 is 1.47. The average molecular weight is 236 g/mol. The number of H-pyrrole nitrogens is 1. The Morgan fingerprint density at radius 3 is 2.81 bits per heavy atom. The van der Waals surface area contributed by atoms with Crippen LogP contribution in [0.1, 0.15) is 5.56 Å². The third kappa shape index (κ3) is 1.96. The first-order valence-corrected chi connectivity index (χ1v) is 5.55. The maximum Gasteiger partial charge on any atom is 0.343 e. The van der Waals surface area contributed by atoms with Gasteiger partial charge in [-0.15, -0.1) is 5.10 Å². The number of hydrogen-bond acceptors (Lipinski definition) is 4. The van der Waals surface area contributed by atoms with Crippen LogP contribution in [0, 0.1) is 6.92 Å². The van der Waals surface area contributed by atoms with Gasteiger partial charge in [0.25, 0.3) is 0 Å². The molecule has 0 bridgehead atoms. The molecule has 0 spiro atoms. The van der Waals surface area contributed by atoms with Crippen molar-refractivity contribution in [3.05, 3.63) is 34.2 Å². The van der Waals surface area contributed by atoms with E-state index >= 15 is 0 Å². The summed E-state index contributed by atoms with van der Waals surface area (Å²) in [6, 6.07) is 5.65. The molecule has 0 radical (unpaired) electrons. The smallest absolute Gasteiger partial charge is 0.343 e. The van der Waals surface area contributed by atoms with Gasteiger partial charge in [0.2, 0.25) is 0 Å². The number of hydrogen-bond donors (Lipinski definition) is 2. The zero-order valence-corrected chi connectivity index (χ0v) is 9.84. The van der Waals surface area contributed by atoms with Crippen LogP contribution in [-0.2, 0) is 7.05 Å². The normalized spacial score (nSPS) is 10.6. The number of nitrogens with two attached hydrogens (primary N) is 1. The Morgan fingerprint density at radius 1 is 1.50 bits per heavy atom. The third-order valence-electron chi connectivity index (χ3n) is 2.24. The van der Waals surface area contributed by atoms with Crippen molar-refractivity contribution in [1.29, 1.82) is 0 Å². The highest BCUT2D eigenvalue weighted by molar-refractivity contribution is 7.99. The van der Waals surface area contributed by atoms with Crippen LogP contribution in [0.5, 0.6) is 0 Å². The highest BCUT2D eigenvalue weighted by atomic mass is 32.2. The highest BCUT2D eigenvalue weighted by Gasteiger charge is 2.08. The molecule has 0 saturated carbocycles. The van der Waals surface area contributed by atoms with Crippen molar-refractivity contribution < 1.29 is 0 Å². The van der Waals surface area contributed by atoms with E-state index in [9.17, 15) is 4.79 Å². The monoisotopic (exact) mass is 236 g/mol. The summed E-state index contributed by atoms with van der Waals surface area (Å²) >= 11 is 1.44. The summed E-state index contributed by atoms with van der Waals surface area (Å²) in [5.41, 5.74) is 7.26. The summed E-state index contributed by atoms with van der Waals surface area (Å²) in [7, 11) is 1.68. The van der Waals surface area contributed by atoms with E-state index in [1.54, 1.807) is 7.05 Å². The van der Waals surface area contributed by atoms with Crippen molar-refractivity contribution in [2.45, 2.75) is 17.0 Å². The minimum absolute atomic E-state index is 0.212. The number of rotatable bonds is 2. The van der Waals surface area contributed by atoms with E-state index in [0.29, 0.717) is 5.16 Å². The average Bonchev–Trinajstić information content (AvgIpc) is 2.54. The SMILES string of the molecule is Cc1cc(N)ccc1Sc1n[nH]c(=O)n1C. The molecule has 84 valence electrons. The molecule has 5 nitrogen and oxygen atoms in total. The molecule has 16 heavy (non-hydrogen) atoms. The molecule has 0 fully saturated rings. The lowest BCUT2D eigenvalue weighted by molar-refractivity contribution is 0.766. The van der Waals surface area contributed by atoms with E-state index in [4.69, 9.17) is 5.73 Å². The van der Waals surface area contributed by atoms with Crippen LogP contribution < -0.4 is 11.4 Å². The van der Waals surface area contributed by atoms with E-state index in [2.05, 4.69) is 10.2 Å². The van der Waals surface area contributed by atoms with Crippen LogP contribution in [0.4, 0.5) is 5.69 Å². The molecule has 2 aromatic rings. The number of nitrogens with one attached hydrogen (secondary N) is 1. The quantitative estimate of drug-likeness (QED) is 0.767. The molecule has 1 aromatic carbocycles. The van der Waals surface area contributed by atoms with Gasteiger partial charge in [-0.3, -0.25) is 4.57 Å². The van der Waals surface area contributed by atoms with Gasteiger partial charge in [-0.2, -0.15) is 0 Å². The van der Waals surface area contributed by atoms with Gasteiger partial charge < -0.3 is 5.73 Å². The van der Waals surface area contributed by atoms with E-state index < -0.39 is 0 Å². The molecule has 2 rings (SSSR count). The van der Waals surface area contributed by atoms with Crippen molar-refractivity contribution in [1.82, 2.24) is 14.8 Å². The summed E-state index contributed by atoms with van der Waals surface area (Å²) in [6.07, 6.45) is 0.